The topological polar surface area (TPSA) is 253 Å². The molecule has 8 aromatic rings. The number of piperidine rings is 2. The Labute approximate surface area is 495 Å². The van der Waals surface area contributed by atoms with Crippen LogP contribution in [0.5, 0.6) is 5.75 Å². The van der Waals surface area contributed by atoms with Gasteiger partial charge in [0.25, 0.3) is 5.91 Å². The molecule has 0 spiro atoms. The Balaban J connectivity index is 0.760. The second kappa shape index (κ2) is 23.7. The van der Waals surface area contributed by atoms with Crippen LogP contribution < -0.4 is 20.7 Å². The molecule has 3 saturated heterocycles. The number of benzene rings is 5. The Morgan fingerprint density at radius 2 is 1.60 bits per heavy atom. The zero-order valence-corrected chi connectivity index (χ0v) is 47.8. The molecule has 0 aliphatic carbocycles. The molecule has 4 N–H and O–H groups in total. The largest absolute Gasteiger partial charge is 0.480 e. The molecule has 85 heavy (non-hydrogen) atoms. The van der Waals surface area contributed by atoms with Gasteiger partial charge in [-0.25, -0.2) is 9.37 Å². The zero-order chi connectivity index (χ0) is 59.1. The number of thiazole rings is 1. The Bertz CT molecular complexity index is 3980. The van der Waals surface area contributed by atoms with Crippen LogP contribution in [-0.4, -0.2) is 156 Å². The summed E-state index contributed by atoms with van der Waals surface area (Å²) >= 11 is 8.02. The number of aryl methyl sites for hydroxylation is 1. The number of rotatable bonds is 15. The molecule has 4 aliphatic rings. The van der Waals surface area contributed by atoms with Crippen molar-refractivity contribution >= 4 is 102 Å². The van der Waals surface area contributed by atoms with E-state index in [1.54, 1.807) is 63.0 Å². The molecule has 12 rings (SSSR count). The minimum atomic E-state index is -1.45. The number of carboxylic acid groups (broad SMARTS) is 1. The lowest BCUT2D eigenvalue weighted by Crippen LogP contribution is -2.61. The lowest BCUT2D eigenvalue weighted by atomic mass is 9.85. The monoisotopic (exact) mass is 1190 g/mol. The number of hydrogen-bond acceptors (Lipinski definition) is 13. The summed E-state index contributed by atoms with van der Waals surface area (Å²) in [7, 11) is 1.77. The van der Waals surface area contributed by atoms with Gasteiger partial charge in [0.1, 0.15) is 29.7 Å². The van der Waals surface area contributed by atoms with Crippen LogP contribution in [0.2, 0.25) is 5.02 Å². The van der Waals surface area contributed by atoms with Crippen molar-refractivity contribution in [1.82, 2.24) is 49.9 Å². The number of carbonyl (C=O) groups is 7. The summed E-state index contributed by atoms with van der Waals surface area (Å²) in [6, 6.07) is 28.8. The smallest absolute Gasteiger partial charge is 0.322 e. The summed E-state index contributed by atoms with van der Waals surface area (Å²) in [5, 5.41) is 28.3. The Hall–Kier alpha value is -8.80. The summed E-state index contributed by atoms with van der Waals surface area (Å²) in [6.45, 7) is 0.196. The number of nitrogens with zero attached hydrogens (tertiary/aromatic N) is 8. The first-order valence-electron chi connectivity index (χ1n) is 28.2. The number of para-hydroxylation sites is 2. The molecule has 5 aromatic carbocycles. The van der Waals surface area contributed by atoms with E-state index in [1.165, 1.54) is 22.1 Å². The van der Waals surface area contributed by atoms with Gasteiger partial charge in [-0.1, -0.05) is 60.1 Å². The average Bonchev–Trinajstić information content (AvgIpc) is 2.67. The molecule has 21 nitrogen and oxygen atoms in total. The van der Waals surface area contributed by atoms with E-state index in [0.717, 1.165) is 15.8 Å². The quantitative estimate of drug-likeness (QED) is 0.0819. The summed E-state index contributed by atoms with van der Waals surface area (Å²) in [5.74, 6) is -4.32. The fourth-order valence-corrected chi connectivity index (χ4v) is 13.5. The summed E-state index contributed by atoms with van der Waals surface area (Å²) in [4.78, 5) is 104. The second-order valence-electron chi connectivity index (χ2n) is 21.9. The van der Waals surface area contributed by atoms with Crippen LogP contribution in [0.1, 0.15) is 61.6 Å². The molecule has 0 bridgehead atoms. The van der Waals surface area contributed by atoms with Crippen LogP contribution >= 0.6 is 22.9 Å². The van der Waals surface area contributed by atoms with Gasteiger partial charge in [0.2, 0.25) is 29.5 Å². The number of aliphatic carboxylic acids is 1. The molecule has 0 radical (unpaired) electrons. The van der Waals surface area contributed by atoms with Gasteiger partial charge in [0.05, 0.1) is 75.3 Å². The predicted octanol–water partition coefficient (Wildman–Crippen LogP) is 6.87. The predicted molar refractivity (Wildman–Crippen MR) is 314 cm³/mol. The standard InChI is InChI=1S/C61H59ClFN11O10S/c1-70-48-28-41(44(63)26-36(48)30-66-70)39-10-6-14-47-55(39)56(69-74(47)34-52(77)64-31-51(76)65-32-54(79)80)35-16-20-71(21-17-35)53(78)27-37-33-73(24-25-83-37)60(82)61(84-49-15-5-3-9-40(49)58-68-46-13-7-11-43(62)57(46)85-58)18-22-72(23-19-61)59(81)42-29-50(75)67-45-12-4-2-8-38(42)45/h2-15,26,28,30,35,37,42H,16-25,27,29,31-34H2,1H3,(H,64,77)(H,65,76)(H,67,75)(H,79,80)/t37?,42-/m0/s1. The summed E-state index contributed by atoms with van der Waals surface area (Å²) < 4.78 is 33.4. The van der Waals surface area contributed by atoms with E-state index in [2.05, 4.69) is 21.0 Å². The highest BCUT2D eigenvalue weighted by molar-refractivity contribution is 7.22. The highest BCUT2D eigenvalue weighted by atomic mass is 35.5. The number of anilines is 1. The van der Waals surface area contributed by atoms with Gasteiger partial charge in [0, 0.05) is 93.5 Å². The number of hydrogen-bond donors (Lipinski definition) is 4. The fourth-order valence-electron chi connectivity index (χ4n) is 12.2. The van der Waals surface area contributed by atoms with Crippen molar-refractivity contribution in [2.45, 2.75) is 68.6 Å². The lowest BCUT2D eigenvalue weighted by Gasteiger charge is -2.45. The normalized spacial score (nSPS) is 18.1. The highest BCUT2D eigenvalue weighted by Crippen LogP contribution is 2.44. The van der Waals surface area contributed by atoms with Gasteiger partial charge in [0.15, 0.2) is 5.60 Å². The van der Waals surface area contributed by atoms with Gasteiger partial charge in [-0.05, 0) is 72.5 Å². The molecule has 3 aromatic heterocycles. The second-order valence-corrected chi connectivity index (χ2v) is 23.3. The number of carboxylic acids is 1. The van der Waals surface area contributed by atoms with E-state index in [-0.39, 0.29) is 94.6 Å². The molecule has 4 aliphatic heterocycles. The van der Waals surface area contributed by atoms with Crippen molar-refractivity contribution in [2.75, 3.05) is 64.3 Å². The van der Waals surface area contributed by atoms with E-state index in [0.29, 0.717) is 91.6 Å². The van der Waals surface area contributed by atoms with E-state index in [9.17, 15) is 28.8 Å². The molecular formula is C61H59ClFN11O10S. The minimum Gasteiger partial charge on any atom is -0.480 e. The molecule has 6 amide bonds. The van der Waals surface area contributed by atoms with E-state index < -0.39 is 54.3 Å². The van der Waals surface area contributed by atoms with Gasteiger partial charge in [-0.15, -0.1) is 11.3 Å². The maximum atomic E-state index is 16.2. The molecule has 0 saturated carbocycles. The third-order valence-corrected chi connectivity index (χ3v) is 18.1. The van der Waals surface area contributed by atoms with Crippen LogP contribution in [0.4, 0.5) is 10.1 Å². The number of carbonyl (C=O) groups excluding carboxylic acids is 6. The maximum Gasteiger partial charge on any atom is 0.322 e. The van der Waals surface area contributed by atoms with Crippen LogP contribution in [0, 0.1) is 5.82 Å². The first kappa shape index (κ1) is 56.7. The molecule has 438 valence electrons. The van der Waals surface area contributed by atoms with Gasteiger partial charge < -0.3 is 45.2 Å². The Morgan fingerprint density at radius 1 is 0.847 bits per heavy atom. The van der Waals surface area contributed by atoms with Crippen molar-refractivity contribution in [1.29, 1.82) is 0 Å². The number of likely N-dealkylation sites (tertiary alicyclic amines) is 2. The SMILES string of the molecule is Cn1ncc2cc(F)c(-c3cccc4c3c(C3CCN(C(=O)CC5CN(C(=O)C6(Oc7ccccc7-c7nc8cccc(Cl)c8s7)CCN(C(=O)[C@H]7CC(=O)Nc8ccccc87)CC6)CCO5)CC3)nn4CC(=O)NCC(=O)NCC(=O)O)cc21. The molecule has 2 atom stereocenters. The zero-order valence-electron chi connectivity index (χ0n) is 46.2. The molecule has 1 unspecified atom stereocenters. The molecule has 24 heteroatoms. The number of ether oxygens (including phenoxy) is 2. The van der Waals surface area contributed by atoms with Crippen LogP contribution in [-0.2, 0) is 51.9 Å². The van der Waals surface area contributed by atoms with Crippen molar-refractivity contribution in [3.8, 4) is 27.4 Å². The first-order valence-corrected chi connectivity index (χ1v) is 29.3. The number of halogens is 2. The van der Waals surface area contributed by atoms with E-state index in [4.69, 9.17) is 36.3 Å². The van der Waals surface area contributed by atoms with Crippen molar-refractivity contribution in [2.24, 2.45) is 7.05 Å². The average molecular weight is 1190 g/mol. The van der Waals surface area contributed by atoms with Gasteiger partial charge in [-0.3, -0.25) is 42.9 Å². The third-order valence-electron chi connectivity index (χ3n) is 16.5. The number of morpholine rings is 1. The summed E-state index contributed by atoms with van der Waals surface area (Å²) in [5.41, 5.74) is 4.02. The van der Waals surface area contributed by atoms with Gasteiger partial charge in [-0.2, -0.15) is 10.2 Å². The van der Waals surface area contributed by atoms with Crippen molar-refractivity contribution < 1.29 is 52.5 Å². The number of fused-ring (bicyclic) bond motifs is 4. The lowest BCUT2D eigenvalue weighted by molar-refractivity contribution is -0.163. The Morgan fingerprint density at radius 3 is 2.40 bits per heavy atom. The Kier molecular flexibility index (Phi) is 15.8. The number of aromatic nitrogens is 5. The van der Waals surface area contributed by atoms with E-state index >= 15 is 9.18 Å². The molecule has 3 fully saturated rings. The van der Waals surface area contributed by atoms with Gasteiger partial charge >= 0.3 is 5.97 Å². The third kappa shape index (κ3) is 11.5. The molecule has 7 heterocycles. The van der Waals surface area contributed by atoms with E-state index in [1.807, 2.05) is 60.7 Å². The minimum absolute atomic E-state index is 0.00224. The number of amides is 6. The van der Waals surface area contributed by atoms with Crippen molar-refractivity contribution in [3.63, 3.8) is 0 Å². The highest BCUT2D eigenvalue weighted by Gasteiger charge is 2.49. The van der Waals surface area contributed by atoms with Crippen LogP contribution in [0.3, 0.4) is 0 Å². The van der Waals surface area contributed by atoms with Crippen LogP contribution in [0.25, 0.3) is 53.7 Å². The molecular weight excluding hydrogens is 1130 g/mol. The summed E-state index contributed by atoms with van der Waals surface area (Å²) in [6.07, 6.45) is 2.17. The first-order chi connectivity index (χ1) is 41.1. The maximum absolute atomic E-state index is 16.2. The number of nitrogens with one attached hydrogen (secondary N) is 3. The van der Waals surface area contributed by atoms with Crippen molar-refractivity contribution in [3.05, 3.63) is 125 Å². The fraction of sp³-hybridized carbons (Fsp3) is 0.344. The van der Waals surface area contributed by atoms with Crippen LogP contribution in [0.15, 0.2) is 103 Å².